The fraction of sp³-hybridized carbons (Fsp3) is 0.400. The number of nitrogens with one attached hydrogen (secondary N) is 2. The summed E-state index contributed by atoms with van der Waals surface area (Å²) in [5, 5.41) is 15.0. The summed E-state index contributed by atoms with van der Waals surface area (Å²) in [6, 6.07) is 9.73. The number of aliphatic imine (C=N–C) groups is 1. The summed E-state index contributed by atoms with van der Waals surface area (Å²) in [6.45, 7) is 6.60. The Bertz CT molecular complexity index is 906. The van der Waals surface area contributed by atoms with Crippen LogP contribution in [0.25, 0.3) is 5.65 Å². The number of nitrogens with zero attached hydrogens (tertiary/aromatic N) is 5. The Morgan fingerprint density at radius 2 is 2.07 bits per heavy atom. The molecule has 0 spiro atoms. The maximum absolute atomic E-state index is 5.79. The van der Waals surface area contributed by atoms with Crippen LogP contribution in [0.1, 0.15) is 38.1 Å². The van der Waals surface area contributed by atoms with Gasteiger partial charge in [-0.1, -0.05) is 25.5 Å². The van der Waals surface area contributed by atoms with E-state index in [0.717, 1.165) is 36.4 Å². The lowest BCUT2D eigenvalue weighted by Crippen LogP contribution is -2.37. The van der Waals surface area contributed by atoms with Crippen molar-refractivity contribution in [2.45, 2.75) is 39.8 Å². The van der Waals surface area contributed by atoms with Gasteiger partial charge in [-0.15, -0.1) is 10.2 Å². The van der Waals surface area contributed by atoms with Crippen LogP contribution in [0, 0.1) is 0 Å². The zero-order valence-electron chi connectivity index (χ0n) is 16.4. The molecule has 0 unspecified atom stereocenters. The number of unbranched alkanes of at least 4 members (excludes halogenated alkanes) is 1. The average molecular weight is 381 g/mol. The molecule has 0 amide bonds. The van der Waals surface area contributed by atoms with Crippen LogP contribution in [0.3, 0.4) is 0 Å². The fourth-order valence-corrected chi connectivity index (χ4v) is 2.67. The molecule has 0 radical (unpaired) electrons. The number of pyridine rings is 2. The van der Waals surface area contributed by atoms with E-state index in [-0.39, 0.29) is 0 Å². The molecule has 3 aromatic heterocycles. The quantitative estimate of drug-likeness (QED) is 0.336. The van der Waals surface area contributed by atoms with E-state index in [0.29, 0.717) is 31.5 Å². The second-order valence-electron chi connectivity index (χ2n) is 6.26. The molecular weight excluding hydrogens is 354 g/mol. The molecule has 0 aromatic carbocycles. The van der Waals surface area contributed by atoms with Crippen LogP contribution in [0.5, 0.6) is 5.88 Å². The molecule has 0 atom stereocenters. The van der Waals surface area contributed by atoms with Gasteiger partial charge in [-0.05, 0) is 31.5 Å². The van der Waals surface area contributed by atoms with Gasteiger partial charge in [0.05, 0.1) is 19.7 Å². The largest absolute Gasteiger partial charge is 0.477 e. The predicted molar refractivity (Wildman–Crippen MR) is 109 cm³/mol. The fourth-order valence-electron chi connectivity index (χ4n) is 2.67. The second kappa shape index (κ2) is 10.2. The highest BCUT2D eigenvalue weighted by atomic mass is 16.5. The molecule has 0 fully saturated rings. The van der Waals surface area contributed by atoms with Crippen molar-refractivity contribution in [3.05, 3.63) is 54.1 Å². The van der Waals surface area contributed by atoms with Gasteiger partial charge in [0.25, 0.3) is 0 Å². The molecule has 2 N–H and O–H groups in total. The Labute approximate surface area is 165 Å². The second-order valence-corrected chi connectivity index (χ2v) is 6.26. The van der Waals surface area contributed by atoms with E-state index in [1.165, 1.54) is 0 Å². The van der Waals surface area contributed by atoms with Gasteiger partial charge in [0.15, 0.2) is 17.4 Å². The Morgan fingerprint density at radius 3 is 2.93 bits per heavy atom. The number of guanidine groups is 1. The topological polar surface area (TPSA) is 88.7 Å². The van der Waals surface area contributed by atoms with Gasteiger partial charge in [-0.25, -0.2) is 9.98 Å². The Hall–Kier alpha value is -3.16. The van der Waals surface area contributed by atoms with Gasteiger partial charge >= 0.3 is 0 Å². The summed E-state index contributed by atoms with van der Waals surface area (Å²) < 4.78 is 7.75. The van der Waals surface area contributed by atoms with Gasteiger partial charge in [0.1, 0.15) is 0 Å². The number of ether oxygens (including phenoxy) is 1. The SMILES string of the molecule is CCCCOc1ncccc1CN=C(NCC)NCc1nnc2ccccn12. The van der Waals surface area contributed by atoms with Gasteiger partial charge in [0, 0.05) is 24.5 Å². The number of fused-ring (bicyclic) bond motifs is 1. The smallest absolute Gasteiger partial charge is 0.218 e. The van der Waals surface area contributed by atoms with Crippen LogP contribution in [0.2, 0.25) is 0 Å². The van der Waals surface area contributed by atoms with E-state index in [1.54, 1.807) is 6.20 Å². The molecule has 0 aliphatic carbocycles. The van der Waals surface area contributed by atoms with Crippen LogP contribution in [-0.4, -0.2) is 38.7 Å². The van der Waals surface area contributed by atoms with E-state index in [4.69, 9.17) is 4.74 Å². The standard InChI is InChI=1S/C20H27N7O/c1-3-5-13-28-19-16(9-8-11-22-19)14-23-20(21-4-2)24-15-18-26-25-17-10-6-7-12-27(17)18/h6-12H,3-5,13-15H2,1-2H3,(H2,21,23,24). The average Bonchev–Trinajstić information content (AvgIpc) is 3.14. The van der Waals surface area contributed by atoms with Crippen LogP contribution in [-0.2, 0) is 13.1 Å². The molecule has 0 saturated heterocycles. The molecule has 28 heavy (non-hydrogen) atoms. The number of hydrogen-bond acceptors (Lipinski definition) is 5. The minimum atomic E-state index is 0.477. The van der Waals surface area contributed by atoms with Gasteiger partial charge in [-0.3, -0.25) is 4.40 Å². The Kier molecular flexibility index (Phi) is 7.17. The first-order chi connectivity index (χ1) is 13.8. The minimum absolute atomic E-state index is 0.477. The van der Waals surface area contributed by atoms with Crippen molar-refractivity contribution >= 4 is 11.6 Å². The van der Waals surface area contributed by atoms with Crippen molar-refractivity contribution in [2.24, 2.45) is 4.99 Å². The van der Waals surface area contributed by atoms with Crippen LogP contribution < -0.4 is 15.4 Å². The lowest BCUT2D eigenvalue weighted by molar-refractivity contribution is 0.294. The van der Waals surface area contributed by atoms with Crippen molar-refractivity contribution in [3.63, 3.8) is 0 Å². The first-order valence-corrected chi connectivity index (χ1v) is 9.69. The van der Waals surface area contributed by atoms with Crippen molar-refractivity contribution in [1.82, 2.24) is 30.2 Å². The zero-order chi connectivity index (χ0) is 19.6. The molecule has 3 heterocycles. The zero-order valence-corrected chi connectivity index (χ0v) is 16.4. The van der Waals surface area contributed by atoms with Crippen molar-refractivity contribution in [2.75, 3.05) is 13.2 Å². The van der Waals surface area contributed by atoms with Crippen LogP contribution >= 0.6 is 0 Å². The van der Waals surface area contributed by atoms with E-state index < -0.39 is 0 Å². The third-order valence-electron chi connectivity index (χ3n) is 4.14. The summed E-state index contributed by atoms with van der Waals surface area (Å²) in [4.78, 5) is 9.01. The molecule has 0 aliphatic rings. The summed E-state index contributed by atoms with van der Waals surface area (Å²) in [5.74, 6) is 2.18. The van der Waals surface area contributed by atoms with Gasteiger partial charge < -0.3 is 15.4 Å². The highest BCUT2D eigenvalue weighted by Gasteiger charge is 2.07. The molecule has 0 bridgehead atoms. The lowest BCUT2D eigenvalue weighted by atomic mass is 10.2. The maximum atomic E-state index is 5.79. The summed E-state index contributed by atoms with van der Waals surface area (Å²) in [6.07, 6.45) is 5.79. The summed E-state index contributed by atoms with van der Waals surface area (Å²) in [7, 11) is 0. The van der Waals surface area contributed by atoms with Crippen LogP contribution in [0.4, 0.5) is 0 Å². The van der Waals surface area contributed by atoms with Crippen molar-refractivity contribution in [3.8, 4) is 5.88 Å². The predicted octanol–water partition coefficient (Wildman–Crippen LogP) is 2.56. The maximum Gasteiger partial charge on any atom is 0.218 e. The first-order valence-electron chi connectivity index (χ1n) is 9.69. The normalized spacial score (nSPS) is 11.6. The molecule has 3 rings (SSSR count). The Morgan fingerprint density at radius 1 is 1.14 bits per heavy atom. The summed E-state index contributed by atoms with van der Waals surface area (Å²) in [5.41, 5.74) is 1.79. The molecule has 8 heteroatoms. The van der Waals surface area contributed by atoms with Crippen molar-refractivity contribution in [1.29, 1.82) is 0 Å². The third-order valence-corrected chi connectivity index (χ3v) is 4.14. The molecular formula is C20H27N7O. The van der Waals surface area contributed by atoms with E-state index in [9.17, 15) is 0 Å². The number of hydrogen-bond donors (Lipinski definition) is 2. The Balaban J connectivity index is 1.66. The van der Waals surface area contributed by atoms with Gasteiger partial charge in [0.2, 0.25) is 5.88 Å². The molecule has 0 aliphatic heterocycles. The monoisotopic (exact) mass is 381 g/mol. The molecule has 0 saturated carbocycles. The van der Waals surface area contributed by atoms with E-state index in [2.05, 4.69) is 37.7 Å². The van der Waals surface area contributed by atoms with Crippen molar-refractivity contribution < 1.29 is 4.74 Å². The third kappa shape index (κ3) is 5.18. The van der Waals surface area contributed by atoms with Gasteiger partial charge in [-0.2, -0.15) is 0 Å². The highest BCUT2D eigenvalue weighted by Crippen LogP contribution is 2.15. The summed E-state index contributed by atoms with van der Waals surface area (Å²) >= 11 is 0. The number of aromatic nitrogens is 4. The first kappa shape index (κ1) is 19.6. The number of rotatable bonds is 9. The van der Waals surface area contributed by atoms with E-state index >= 15 is 0 Å². The highest BCUT2D eigenvalue weighted by molar-refractivity contribution is 5.79. The van der Waals surface area contributed by atoms with Crippen LogP contribution in [0.15, 0.2) is 47.7 Å². The van der Waals surface area contributed by atoms with E-state index in [1.807, 2.05) is 47.9 Å². The molecule has 3 aromatic rings. The minimum Gasteiger partial charge on any atom is -0.477 e. The molecule has 148 valence electrons. The lowest BCUT2D eigenvalue weighted by Gasteiger charge is -2.12. The molecule has 8 nitrogen and oxygen atoms in total.